The number of nitrogens with one attached hydrogen (secondary N) is 1. The van der Waals surface area contributed by atoms with Crippen molar-refractivity contribution >= 4 is 23.1 Å². The summed E-state index contributed by atoms with van der Waals surface area (Å²) in [6.45, 7) is 0. The van der Waals surface area contributed by atoms with Crippen molar-refractivity contribution in [3.05, 3.63) is 83.0 Å². The van der Waals surface area contributed by atoms with Crippen LogP contribution in [0.25, 0.3) is 0 Å². The van der Waals surface area contributed by atoms with E-state index in [2.05, 4.69) is 20.5 Å². The van der Waals surface area contributed by atoms with Gasteiger partial charge in [-0.05, 0) is 41.5 Å². The molecule has 8 heteroatoms. The Morgan fingerprint density at radius 1 is 1.04 bits per heavy atom. The van der Waals surface area contributed by atoms with E-state index in [1.54, 1.807) is 36.4 Å². The maximum Gasteiger partial charge on any atom is 0.416 e. The highest BCUT2D eigenvalue weighted by Gasteiger charge is 2.31. The number of benzene rings is 2. The Morgan fingerprint density at radius 3 is 2.61 bits per heavy atom. The van der Waals surface area contributed by atoms with Gasteiger partial charge in [-0.25, -0.2) is 0 Å². The molecule has 3 aromatic rings. The van der Waals surface area contributed by atoms with Crippen LogP contribution in [0.5, 0.6) is 0 Å². The lowest BCUT2D eigenvalue weighted by molar-refractivity contribution is -0.137. The van der Waals surface area contributed by atoms with E-state index in [0.29, 0.717) is 34.8 Å². The van der Waals surface area contributed by atoms with Crippen LogP contribution in [0.4, 0.5) is 24.7 Å². The van der Waals surface area contributed by atoms with E-state index in [1.807, 2.05) is 0 Å². The first-order chi connectivity index (χ1) is 13.4. The highest BCUT2D eigenvalue weighted by molar-refractivity contribution is 6.13. The predicted molar refractivity (Wildman–Crippen MR) is 97.8 cm³/mol. The van der Waals surface area contributed by atoms with E-state index in [0.717, 1.165) is 17.7 Å². The minimum absolute atomic E-state index is 0.296. The normalized spacial score (nSPS) is 13.0. The van der Waals surface area contributed by atoms with Crippen LogP contribution in [0.2, 0.25) is 0 Å². The lowest BCUT2D eigenvalue weighted by Gasteiger charge is -2.08. The molecule has 5 nitrogen and oxygen atoms in total. The number of halogens is 3. The fourth-order valence-electron chi connectivity index (χ4n) is 3.00. The number of rotatable bonds is 3. The van der Waals surface area contributed by atoms with Gasteiger partial charge in [-0.2, -0.15) is 18.3 Å². The summed E-state index contributed by atoms with van der Waals surface area (Å²) in [7, 11) is 0. The molecule has 140 valence electrons. The molecule has 1 amide bonds. The molecule has 28 heavy (non-hydrogen) atoms. The highest BCUT2D eigenvalue weighted by Crippen LogP contribution is 2.34. The number of fused-ring (bicyclic) bond motifs is 1. The number of nitrogens with zero attached hydrogens (tertiary/aromatic N) is 3. The predicted octanol–water partition coefficient (Wildman–Crippen LogP) is 4.42. The molecule has 1 aliphatic heterocycles. The van der Waals surface area contributed by atoms with Crippen molar-refractivity contribution in [3.63, 3.8) is 0 Å². The van der Waals surface area contributed by atoms with Crippen LogP contribution in [0.15, 0.2) is 65.8 Å². The van der Waals surface area contributed by atoms with Gasteiger partial charge in [-0.3, -0.25) is 9.79 Å². The average Bonchev–Trinajstić information content (AvgIpc) is 3.12. The van der Waals surface area contributed by atoms with E-state index in [9.17, 15) is 18.0 Å². The van der Waals surface area contributed by atoms with E-state index < -0.39 is 17.6 Å². The molecule has 1 N–H and O–H groups in total. The van der Waals surface area contributed by atoms with Gasteiger partial charge in [0.05, 0.1) is 22.5 Å². The SMILES string of the molecule is O=C(Nc1cccnn1)c1cccc2c1N=C(c1cccc(C(F)(F)F)c1)C2. The third kappa shape index (κ3) is 3.48. The van der Waals surface area contributed by atoms with Gasteiger partial charge in [-0.1, -0.05) is 24.3 Å². The number of para-hydroxylation sites is 1. The Balaban J connectivity index is 1.66. The molecule has 4 rings (SSSR count). The Morgan fingerprint density at radius 2 is 1.86 bits per heavy atom. The van der Waals surface area contributed by atoms with Crippen LogP contribution in [-0.4, -0.2) is 21.8 Å². The van der Waals surface area contributed by atoms with Gasteiger partial charge in [0.1, 0.15) is 0 Å². The number of hydrogen-bond donors (Lipinski definition) is 1. The second kappa shape index (κ2) is 6.88. The van der Waals surface area contributed by atoms with Crippen molar-refractivity contribution in [2.75, 3.05) is 5.32 Å². The summed E-state index contributed by atoms with van der Waals surface area (Å²) >= 11 is 0. The van der Waals surface area contributed by atoms with Crippen LogP contribution < -0.4 is 5.32 Å². The van der Waals surface area contributed by atoms with Gasteiger partial charge in [0, 0.05) is 12.6 Å². The Bertz CT molecular complexity index is 1080. The first-order valence-corrected chi connectivity index (χ1v) is 8.38. The fraction of sp³-hybridized carbons (Fsp3) is 0.100. The number of aliphatic imine (C=N–C) groups is 1. The highest BCUT2D eigenvalue weighted by atomic mass is 19.4. The molecule has 0 radical (unpaired) electrons. The number of carbonyl (C=O) groups is 1. The van der Waals surface area contributed by atoms with Crippen LogP contribution >= 0.6 is 0 Å². The van der Waals surface area contributed by atoms with Crippen LogP contribution in [0.1, 0.15) is 27.0 Å². The van der Waals surface area contributed by atoms with Crippen molar-refractivity contribution in [3.8, 4) is 0 Å². The molecule has 1 aromatic heterocycles. The topological polar surface area (TPSA) is 67.2 Å². The van der Waals surface area contributed by atoms with Crippen LogP contribution in [-0.2, 0) is 12.6 Å². The third-order valence-electron chi connectivity index (χ3n) is 4.31. The second-order valence-corrected chi connectivity index (χ2v) is 6.19. The molecule has 0 fully saturated rings. The zero-order valence-electron chi connectivity index (χ0n) is 14.4. The summed E-state index contributed by atoms with van der Waals surface area (Å²) < 4.78 is 39.0. The maximum absolute atomic E-state index is 13.0. The lowest BCUT2D eigenvalue weighted by Crippen LogP contribution is -2.13. The third-order valence-corrected chi connectivity index (χ3v) is 4.31. The molecule has 2 aromatic carbocycles. The summed E-state index contributed by atoms with van der Waals surface area (Å²) in [6, 6.07) is 13.4. The van der Waals surface area contributed by atoms with Crippen LogP contribution in [0, 0.1) is 0 Å². The Labute approximate surface area is 158 Å². The zero-order valence-corrected chi connectivity index (χ0v) is 14.4. The maximum atomic E-state index is 13.0. The van der Waals surface area contributed by atoms with Gasteiger partial charge in [0.2, 0.25) is 0 Å². The molecule has 0 aliphatic carbocycles. The molecule has 0 bridgehead atoms. The minimum atomic E-state index is -4.43. The molecular formula is C20H13F3N4O. The number of aromatic nitrogens is 2. The van der Waals surface area contributed by atoms with Gasteiger partial charge >= 0.3 is 6.18 Å². The smallest absolute Gasteiger partial charge is 0.305 e. The van der Waals surface area contributed by atoms with Crippen molar-refractivity contribution in [2.45, 2.75) is 12.6 Å². The van der Waals surface area contributed by atoms with Gasteiger partial charge in [0.15, 0.2) is 5.82 Å². The monoisotopic (exact) mass is 382 g/mol. The van der Waals surface area contributed by atoms with Crippen molar-refractivity contribution in [1.82, 2.24) is 10.2 Å². The number of alkyl halides is 3. The molecule has 1 aliphatic rings. The van der Waals surface area contributed by atoms with Gasteiger partial charge in [-0.15, -0.1) is 5.10 Å². The van der Waals surface area contributed by atoms with E-state index in [4.69, 9.17) is 0 Å². The summed E-state index contributed by atoms with van der Waals surface area (Å²) in [4.78, 5) is 17.1. The van der Waals surface area contributed by atoms with Crippen molar-refractivity contribution < 1.29 is 18.0 Å². The van der Waals surface area contributed by atoms with E-state index >= 15 is 0 Å². The Kier molecular flexibility index (Phi) is 4.38. The van der Waals surface area contributed by atoms with Gasteiger partial charge in [0.25, 0.3) is 5.91 Å². The molecule has 0 saturated heterocycles. The number of carbonyl (C=O) groups excluding carboxylic acids is 1. The fourth-order valence-corrected chi connectivity index (χ4v) is 3.00. The zero-order chi connectivity index (χ0) is 19.7. The average molecular weight is 382 g/mol. The number of anilines is 1. The summed E-state index contributed by atoms with van der Waals surface area (Å²) in [5, 5.41) is 10.1. The summed E-state index contributed by atoms with van der Waals surface area (Å²) in [5.74, 6) is -0.114. The molecule has 2 heterocycles. The second-order valence-electron chi connectivity index (χ2n) is 6.19. The first-order valence-electron chi connectivity index (χ1n) is 8.38. The van der Waals surface area contributed by atoms with Gasteiger partial charge < -0.3 is 5.32 Å². The molecule has 0 atom stereocenters. The number of hydrogen-bond acceptors (Lipinski definition) is 4. The van der Waals surface area contributed by atoms with Crippen molar-refractivity contribution in [2.24, 2.45) is 4.99 Å². The summed E-state index contributed by atoms with van der Waals surface area (Å²) in [6.07, 6.45) is -2.59. The first kappa shape index (κ1) is 17.8. The van der Waals surface area contributed by atoms with Crippen molar-refractivity contribution in [1.29, 1.82) is 0 Å². The quantitative estimate of drug-likeness (QED) is 0.729. The van der Waals surface area contributed by atoms with E-state index in [1.165, 1.54) is 12.3 Å². The van der Waals surface area contributed by atoms with Crippen LogP contribution in [0.3, 0.4) is 0 Å². The lowest BCUT2D eigenvalue weighted by atomic mass is 10.0. The van der Waals surface area contributed by atoms with E-state index in [-0.39, 0.29) is 0 Å². The molecule has 0 saturated carbocycles. The molecular weight excluding hydrogens is 369 g/mol. The Hall–Kier alpha value is -3.55. The molecule has 0 unspecified atom stereocenters. The largest absolute Gasteiger partial charge is 0.416 e. The molecule has 0 spiro atoms. The number of amides is 1. The summed E-state index contributed by atoms with van der Waals surface area (Å²) in [5.41, 5.74) is 1.69. The minimum Gasteiger partial charge on any atom is -0.305 e. The standard InChI is InChI=1S/C20H13F3N4O/c21-20(22,23)14-6-1-4-12(10-14)16-11-13-5-2-7-15(18(13)25-16)19(28)26-17-8-3-9-24-27-17/h1-10H,11H2,(H,26,27,28).